The fourth-order valence-electron chi connectivity index (χ4n) is 1.73. The van der Waals surface area contributed by atoms with Gasteiger partial charge in [-0.1, -0.05) is 19.9 Å². The molecule has 0 aromatic heterocycles. The Morgan fingerprint density at radius 2 is 2.00 bits per heavy atom. The van der Waals surface area contributed by atoms with Gasteiger partial charge >= 0.3 is 6.09 Å². The van der Waals surface area contributed by atoms with Crippen molar-refractivity contribution in [3.05, 3.63) is 29.6 Å². The second-order valence-corrected chi connectivity index (χ2v) is 5.04. The van der Waals surface area contributed by atoms with Crippen molar-refractivity contribution in [2.45, 2.75) is 33.7 Å². The molecule has 1 rings (SSSR count). The Kier molecular flexibility index (Phi) is 6.14. The van der Waals surface area contributed by atoms with E-state index in [9.17, 15) is 14.0 Å². The fraction of sp³-hybridized carbons (Fsp3) is 0.467. The van der Waals surface area contributed by atoms with Crippen molar-refractivity contribution >= 4 is 17.7 Å². The van der Waals surface area contributed by atoms with E-state index < -0.39 is 23.9 Å². The molecule has 0 bridgehead atoms. The van der Waals surface area contributed by atoms with Gasteiger partial charge in [-0.2, -0.15) is 0 Å². The number of hydrogen-bond donors (Lipinski definition) is 2. The van der Waals surface area contributed by atoms with Gasteiger partial charge < -0.3 is 15.4 Å². The summed E-state index contributed by atoms with van der Waals surface area (Å²) in [5, 5.41) is 5.09. The number of carbonyl (C=O) groups is 2. The van der Waals surface area contributed by atoms with Crippen molar-refractivity contribution in [1.82, 2.24) is 5.32 Å². The van der Waals surface area contributed by atoms with Crippen molar-refractivity contribution in [3.8, 4) is 0 Å². The van der Waals surface area contributed by atoms with Crippen LogP contribution in [0.4, 0.5) is 14.9 Å². The highest BCUT2D eigenvalue weighted by atomic mass is 19.1. The van der Waals surface area contributed by atoms with Crippen molar-refractivity contribution in [2.75, 3.05) is 11.9 Å². The summed E-state index contributed by atoms with van der Waals surface area (Å²) in [6, 6.07) is 3.68. The molecule has 1 aromatic rings. The summed E-state index contributed by atoms with van der Waals surface area (Å²) in [6.45, 7) is 7.14. The third-order valence-corrected chi connectivity index (χ3v) is 2.94. The second-order valence-electron chi connectivity index (χ2n) is 5.04. The maximum Gasteiger partial charge on any atom is 0.407 e. The molecule has 0 aliphatic heterocycles. The van der Waals surface area contributed by atoms with Gasteiger partial charge in [-0.25, -0.2) is 9.18 Å². The Labute approximate surface area is 123 Å². The summed E-state index contributed by atoms with van der Waals surface area (Å²) in [5.41, 5.74) is 0.845. The zero-order valence-corrected chi connectivity index (χ0v) is 12.7. The number of rotatable bonds is 5. The molecule has 0 saturated heterocycles. The van der Waals surface area contributed by atoms with Gasteiger partial charge in [0.15, 0.2) is 0 Å². The van der Waals surface area contributed by atoms with E-state index in [-0.39, 0.29) is 12.5 Å². The standard InChI is InChI=1S/C15H21FN2O3/c1-5-21-15(20)18-13(9(2)3)14(19)17-11-7-6-10(4)12(16)8-11/h6-9,13H,5H2,1-4H3,(H,17,19)(H,18,20). The summed E-state index contributed by atoms with van der Waals surface area (Å²) in [5.74, 6) is -0.946. The Bertz CT molecular complexity index is 518. The van der Waals surface area contributed by atoms with E-state index in [0.717, 1.165) is 0 Å². The first-order chi connectivity index (χ1) is 9.85. The van der Waals surface area contributed by atoms with Crippen LogP contribution in [0.3, 0.4) is 0 Å². The van der Waals surface area contributed by atoms with Crippen molar-refractivity contribution in [2.24, 2.45) is 5.92 Å². The maximum absolute atomic E-state index is 13.5. The van der Waals surface area contributed by atoms with E-state index in [1.165, 1.54) is 6.07 Å². The van der Waals surface area contributed by atoms with Crippen LogP contribution in [0.5, 0.6) is 0 Å². The number of ether oxygens (including phenoxy) is 1. The molecular weight excluding hydrogens is 275 g/mol. The van der Waals surface area contributed by atoms with Crippen LogP contribution < -0.4 is 10.6 Å². The minimum atomic E-state index is -0.756. The predicted molar refractivity (Wildman–Crippen MR) is 78.6 cm³/mol. The summed E-state index contributed by atoms with van der Waals surface area (Å²) in [4.78, 5) is 23.6. The topological polar surface area (TPSA) is 67.4 Å². The maximum atomic E-state index is 13.5. The second kappa shape index (κ2) is 7.61. The molecule has 1 atom stereocenters. The molecule has 21 heavy (non-hydrogen) atoms. The lowest BCUT2D eigenvalue weighted by atomic mass is 10.0. The summed E-state index contributed by atoms with van der Waals surface area (Å²) in [6.07, 6.45) is -0.651. The molecule has 2 amide bonds. The molecule has 0 fully saturated rings. The first-order valence-electron chi connectivity index (χ1n) is 6.85. The number of carbonyl (C=O) groups excluding carboxylic acids is 2. The van der Waals surface area contributed by atoms with Crippen molar-refractivity contribution in [1.29, 1.82) is 0 Å². The van der Waals surface area contributed by atoms with Gasteiger partial charge in [0.25, 0.3) is 0 Å². The van der Waals surface area contributed by atoms with Crippen molar-refractivity contribution < 1.29 is 18.7 Å². The van der Waals surface area contributed by atoms with Crippen LogP contribution >= 0.6 is 0 Å². The number of halogens is 1. The molecule has 0 radical (unpaired) electrons. The average molecular weight is 296 g/mol. The molecule has 6 heteroatoms. The fourth-order valence-corrected chi connectivity index (χ4v) is 1.73. The third kappa shape index (κ3) is 5.06. The molecular formula is C15H21FN2O3. The van der Waals surface area contributed by atoms with E-state index in [1.54, 1.807) is 39.8 Å². The van der Waals surface area contributed by atoms with Crippen LogP contribution in [0.1, 0.15) is 26.3 Å². The molecule has 1 aromatic carbocycles. The molecule has 0 saturated carbocycles. The minimum absolute atomic E-state index is 0.135. The van der Waals surface area contributed by atoms with Crippen LogP contribution in [0.2, 0.25) is 0 Å². The smallest absolute Gasteiger partial charge is 0.407 e. The quantitative estimate of drug-likeness (QED) is 0.878. The highest BCUT2D eigenvalue weighted by Crippen LogP contribution is 2.15. The van der Waals surface area contributed by atoms with Crippen LogP contribution in [-0.2, 0) is 9.53 Å². The van der Waals surface area contributed by atoms with Gasteiger partial charge in [-0.15, -0.1) is 0 Å². The van der Waals surface area contributed by atoms with Crippen molar-refractivity contribution in [3.63, 3.8) is 0 Å². The van der Waals surface area contributed by atoms with E-state index in [4.69, 9.17) is 4.74 Å². The Morgan fingerprint density at radius 1 is 1.33 bits per heavy atom. The molecule has 116 valence electrons. The minimum Gasteiger partial charge on any atom is -0.450 e. The van der Waals surface area contributed by atoms with E-state index in [1.807, 2.05) is 0 Å². The number of aryl methyl sites for hydroxylation is 1. The van der Waals surface area contributed by atoms with Gasteiger partial charge in [0.05, 0.1) is 6.61 Å². The Balaban J connectivity index is 2.76. The lowest BCUT2D eigenvalue weighted by molar-refractivity contribution is -0.119. The molecule has 5 nitrogen and oxygen atoms in total. The van der Waals surface area contributed by atoms with Gasteiger partial charge in [-0.05, 0) is 37.5 Å². The Hall–Kier alpha value is -2.11. The number of benzene rings is 1. The van der Waals surface area contributed by atoms with E-state index >= 15 is 0 Å². The van der Waals surface area contributed by atoms with E-state index in [0.29, 0.717) is 11.3 Å². The zero-order chi connectivity index (χ0) is 16.0. The predicted octanol–water partition coefficient (Wildman–Crippen LogP) is 2.84. The van der Waals surface area contributed by atoms with Gasteiger partial charge in [-0.3, -0.25) is 4.79 Å². The first-order valence-corrected chi connectivity index (χ1v) is 6.85. The molecule has 0 aliphatic rings. The van der Waals surface area contributed by atoms with Gasteiger partial charge in [0, 0.05) is 5.69 Å². The largest absolute Gasteiger partial charge is 0.450 e. The molecule has 2 N–H and O–H groups in total. The lowest BCUT2D eigenvalue weighted by Crippen LogP contribution is -2.47. The van der Waals surface area contributed by atoms with Crippen LogP contribution in [0.25, 0.3) is 0 Å². The molecule has 1 unspecified atom stereocenters. The van der Waals surface area contributed by atoms with Crippen LogP contribution in [0, 0.1) is 18.7 Å². The third-order valence-electron chi connectivity index (χ3n) is 2.94. The first kappa shape index (κ1) is 16.9. The number of hydrogen-bond acceptors (Lipinski definition) is 3. The SMILES string of the molecule is CCOC(=O)NC(C(=O)Nc1ccc(C)c(F)c1)C(C)C. The molecule has 0 aliphatic carbocycles. The number of alkyl carbamates (subject to hydrolysis) is 1. The Morgan fingerprint density at radius 3 is 2.52 bits per heavy atom. The summed E-state index contributed by atoms with van der Waals surface area (Å²) in [7, 11) is 0. The van der Waals surface area contributed by atoms with Crippen LogP contribution in [0.15, 0.2) is 18.2 Å². The zero-order valence-electron chi connectivity index (χ0n) is 12.7. The average Bonchev–Trinajstić information content (AvgIpc) is 2.40. The number of nitrogens with one attached hydrogen (secondary N) is 2. The van der Waals surface area contributed by atoms with Gasteiger partial charge in [0.2, 0.25) is 5.91 Å². The highest BCUT2D eigenvalue weighted by molar-refractivity contribution is 5.96. The summed E-state index contributed by atoms with van der Waals surface area (Å²) >= 11 is 0. The van der Waals surface area contributed by atoms with Gasteiger partial charge in [0.1, 0.15) is 11.9 Å². The molecule has 0 heterocycles. The summed E-state index contributed by atoms with van der Waals surface area (Å²) < 4.78 is 18.2. The number of anilines is 1. The number of amides is 2. The monoisotopic (exact) mass is 296 g/mol. The van der Waals surface area contributed by atoms with E-state index in [2.05, 4.69) is 10.6 Å². The molecule has 0 spiro atoms. The van der Waals surface area contributed by atoms with Crippen LogP contribution in [-0.4, -0.2) is 24.6 Å². The highest BCUT2D eigenvalue weighted by Gasteiger charge is 2.24. The lowest BCUT2D eigenvalue weighted by Gasteiger charge is -2.21. The normalized spacial score (nSPS) is 11.9.